The quantitative estimate of drug-likeness (QED) is 0.567. The highest BCUT2D eigenvalue weighted by atomic mass is 32.2. The molecule has 1 saturated heterocycles. The molecular weight excluding hydrogens is 417 g/mol. The number of halogens is 1. The summed E-state index contributed by atoms with van der Waals surface area (Å²) in [5.74, 6) is 0.347. The molecule has 1 aromatic heterocycles. The molecule has 2 aromatic carbocycles. The molecule has 9 heteroatoms. The van der Waals surface area contributed by atoms with E-state index in [0.29, 0.717) is 36.2 Å². The number of rotatable bonds is 7. The number of aryl methyl sites for hydroxylation is 1. The number of nitrogens with one attached hydrogen (secondary N) is 1. The zero-order valence-corrected chi connectivity index (χ0v) is 18.1. The Morgan fingerprint density at radius 3 is 2.68 bits per heavy atom. The van der Waals surface area contributed by atoms with E-state index in [1.54, 1.807) is 19.1 Å². The van der Waals surface area contributed by atoms with Crippen molar-refractivity contribution < 1.29 is 13.9 Å². The van der Waals surface area contributed by atoms with Crippen LogP contribution in [0.5, 0.6) is 0 Å². The van der Waals surface area contributed by atoms with E-state index in [2.05, 4.69) is 32.5 Å². The van der Waals surface area contributed by atoms with Crippen molar-refractivity contribution in [3.05, 3.63) is 65.5 Å². The molecule has 0 spiro atoms. The molecular formula is C22H24FN5O2S. The SMILES string of the molecule is Cc1ccc(NC(=O)CSc2nnc(N3CCOCC3)n2Cc2ccccc2)cc1F. The van der Waals surface area contributed by atoms with Crippen molar-refractivity contribution in [1.82, 2.24) is 14.8 Å². The summed E-state index contributed by atoms with van der Waals surface area (Å²) >= 11 is 1.31. The molecule has 0 radical (unpaired) electrons. The molecule has 0 atom stereocenters. The lowest BCUT2D eigenvalue weighted by Crippen LogP contribution is -2.38. The Bertz CT molecular complexity index is 1040. The first-order valence-corrected chi connectivity index (χ1v) is 11.1. The van der Waals surface area contributed by atoms with Crippen molar-refractivity contribution in [3.8, 4) is 0 Å². The second kappa shape index (κ2) is 9.93. The van der Waals surface area contributed by atoms with E-state index in [9.17, 15) is 9.18 Å². The standard InChI is InChI=1S/C22H24FN5O2S/c1-16-7-8-18(13-19(16)23)24-20(29)15-31-22-26-25-21(27-9-11-30-12-10-27)28(22)14-17-5-3-2-4-6-17/h2-8,13H,9-12,14-15H2,1H3,(H,24,29). The Balaban J connectivity index is 1.48. The number of benzene rings is 2. The lowest BCUT2D eigenvalue weighted by molar-refractivity contribution is -0.113. The van der Waals surface area contributed by atoms with Crippen molar-refractivity contribution in [2.24, 2.45) is 0 Å². The fourth-order valence-corrected chi connectivity index (χ4v) is 4.02. The van der Waals surface area contributed by atoms with Crippen LogP contribution in [0.3, 0.4) is 0 Å². The Morgan fingerprint density at radius 2 is 1.94 bits per heavy atom. The molecule has 31 heavy (non-hydrogen) atoms. The minimum absolute atomic E-state index is 0.144. The molecule has 0 aliphatic carbocycles. The number of hydrogen-bond acceptors (Lipinski definition) is 6. The second-order valence-corrected chi connectivity index (χ2v) is 8.20. The number of carbonyl (C=O) groups is 1. The van der Waals surface area contributed by atoms with Gasteiger partial charge >= 0.3 is 0 Å². The molecule has 0 unspecified atom stereocenters. The average Bonchev–Trinajstić information content (AvgIpc) is 3.18. The van der Waals surface area contributed by atoms with E-state index in [1.165, 1.54) is 17.8 Å². The van der Waals surface area contributed by atoms with E-state index in [1.807, 2.05) is 22.8 Å². The van der Waals surface area contributed by atoms with Gasteiger partial charge in [-0.25, -0.2) is 4.39 Å². The number of aromatic nitrogens is 3. The maximum Gasteiger partial charge on any atom is 0.234 e. The molecule has 1 aliphatic heterocycles. The highest BCUT2D eigenvalue weighted by Gasteiger charge is 2.21. The number of nitrogens with zero attached hydrogens (tertiary/aromatic N) is 4. The van der Waals surface area contributed by atoms with E-state index < -0.39 is 0 Å². The number of morpholine rings is 1. The first-order valence-electron chi connectivity index (χ1n) is 10.1. The number of ether oxygens (including phenoxy) is 1. The van der Waals surface area contributed by atoms with E-state index in [4.69, 9.17) is 4.74 Å². The topological polar surface area (TPSA) is 72.3 Å². The average molecular weight is 442 g/mol. The zero-order chi connectivity index (χ0) is 21.6. The predicted molar refractivity (Wildman–Crippen MR) is 119 cm³/mol. The van der Waals surface area contributed by atoms with Gasteiger partial charge in [0, 0.05) is 18.8 Å². The lowest BCUT2D eigenvalue weighted by atomic mass is 10.2. The first-order chi connectivity index (χ1) is 15.1. The zero-order valence-electron chi connectivity index (χ0n) is 17.3. The molecule has 1 fully saturated rings. The summed E-state index contributed by atoms with van der Waals surface area (Å²) < 4.78 is 21.2. The number of hydrogen-bond donors (Lipinski definition) is 1. The summed E-state index contributed by atoms with van der Waals surface area (Å²) in [4.78, 5) is 14.6. The molecule has 0 bridgehead atoms. The monoisotopic (exact) mass is 441 g/mol. The molecule has 2 heterocycles. The Labute approximate surface area is 184 Å². The van der Waals surface area contributed by atoms with Gasteiger partial charge in [-0.05, 0) is 30.2 Å². The van der Waals surface area contributed by atoms with Gasteiger partial charge in [0.15, 0.2) is 5.16 Å². The molecule has 0 saturated carbocycles. The van der Waals surface area contributed by atoms with Crippen LogP contribution in [0.4, 0.5) is 16.0 Å². The number of thioether (sulfide) groups is 1. The fourth-order valence-electron chi connectivity index (χ4n) is 3.29. The highest BCUT2D eigenvalue weighted by Crippen LogP contribution is 2.24. The third kappa shape index (κ3) is 5.42. The van der Waals surface area contributed by atoms with Crippen molar-refractivity contribution in [3.63, 3.8) is 0 Å². The summed E-state index contributed by atoms with van der Waals surface area (Å²) in [5, 5.41) is 12.1. The van der Waals surface area contributed by atoms with Gasteiger partial charge in [0.25, 0.3) is 0 Å². The van der Waals surface area contributed by atoms with Gasteiger partial charge in [-0.1, -0.05) is 48.2 Å². The fraction of sp³-hybridized carbons (Fsp3) is 0.318. The third-order valence-electron chi connectivity index (χ3n) is 4.96. The third-order valence-corrected chi connectivity index (χ3v) is 5.93. The molecule has 4 rings (SSSR count). The lowest BCUT2D eigenvalue weighted by Gasteiger charge is -2.28. The van der Waals surface area contributed by atoms with Gasteiger partial charge in [-0.15, -0.1) is 10.2 Å². The van der Waals surface area contributed by atoms with Crippen LogP contribution in [0.15, 0.2) is 53.7 Å². The number of amides is 1. The van der Waals surface area contributed by atoms with E-state index in [0.717, 1.165) is 24.6 Å². The maximum atomic E-state index is 13.7. The van der Waals surface area contributed by atoms with Crippen molar-refractivity contribution in [1.29, 1.82) is 0 Å². The van der Waals surface area contributed by atoms with Crippen LogP contribution < -0.4 is 10.2 Å². The molecule has 3 aromatic rings. The van der Waals surface area contributed by atoms with Gasteiger partial charge < -0.3 is 15.0 Å². The summed E-state index contributed by atoms with van der Waals surface area (Å²) in [6.45, 7) is 5.08. The Morgan fingerprint density at radius 1 is 1.16 bits per heavy atom. The molecule has 1 N–H and O–H groups in total. The van der Waals surface area contributed by atoms with E-state index >= 15 is 0 Å². The minimum atomic E-state index is -0.344. The van der Waals surface area contributed by atoms with Crippen molar-refractivity contribution in [2.75, 3.05) is 42.3 Å². The highest BCUT2D eigenvalue weighted by molar-refractivity contribution is 7.99. The molecule has 162 valence electrons. The van der Waals surface area contributed by atoms with Crippen LogP contribution in [0.25, 0.3) is 0 Å². The summed E-state index contributed by atoms with van der Waals surface area (Å²) in [7, 11) is 0. The minimum Gasteiger partial charge on any atom is -0.378 e. The smallest absolute Gasteiger partial charge is 0.234 e. The molecule has 7 nitrogen and oxygen atoms in total. The van der Waals surface area contributed by atoms with Crippen LogP contribution in [-0.2, 0) is 16.1 Å². The molecule has 1 amide bonds. The Hall–Kier alpha value is -2.91. The second-order valence-electron chi connectivity index (χ2n) is 7.25. The number of carbonyl (C=O) groups excluding carboxylic acids is 1. The van der Waals surface area contributed by atoms with Crippen LogP contribution in [0.2, 0.25) is 0 Å². The molecule has 1 aliphatic rings. The van der Waals surface area contributed by atoms with E-state index in [-0.39, 0.29) is 17.5 Å². The van der Waals surface area contributed by atoms with Crippen LogP contribution >= 0.6 is 11.8 Å². The first kappa shape index (κ1) is 21.3. The van der Waals surface area contributed by atoms with Crippen molar-refractivity contribution in [2.45, 2.75) is 18.6 Å². The van der Waals surface area contributed by atoms with Gasteiger partial charge in [0.1, 0.15) is 5.82 Å². The van der Waals surface area contributed by atoms with Gasteiger partial charge in [0.05, 0.1) is 25.5 Å². The summed E-state index contributed by atoms with van der Waals surface area (Å²) in [5.41, 5.74) is 2.10. The Kier molecular flexibility index (Phi) is 6.83. The summed E-state index contributed by atoms with van der Waals surface area (Å²) in [6.07, 6.45) is 0. The van der Waals surface area contributed by atoms with Gasteiger partial charge in [-0.2, -0.15) is 0 Å². The predicted octanol–water partition coefficient (Wildman–Crippen LogP) is 3.34. The number of anilines is 2. The van der Waals surface area contributed by atoms with Gasteiger partial charge in [0.2, 0.25) is 11.9 Å². The largest absolute Gasteiger partial charge is 0.378 e. The van der Waals surface area contributed by atoms with Crippen molar-refractivity contribution >= 4 is 29.3 Å². The summed E-state index contributed by atoms with van der Waals surface area (Å²) in [6, 6.07) is 14.7. The van der Waals surface area contributed by atoms with Crippen LogP contribution in [-0.4, -0.2) is 52.7 Å². The van der Waals surface area contributed by atoms with Gasteiger partial charge in [-0.3, -0.25) is 9.36 Å². The normalized spacial score (nSPS) is 13.9. The van der Waals surface area contributed by atoms with Crippen LogP contribution in [0.1, 0.15) is 11.1 Å². The maximum absolute atomic E-state index is 13.7. The van der Waals surface area contributed by atoms with Crippen LogP contribution in [0, 0.1) is 12.7 Å².